The maximum absolute atomic E-state index is 5.76. The fourth-order valence-corrected chi connectivity index (χ4v) is 3.60. The molecule has 3 nitrogen and oxygen atoms in total. The van der Waals surface area contributed by atoms with E-state index in [0.29, 0.717) is 12.0 Å². The van der Waals surface area contributed by atoms with Crippen molar-refractivity contribution in [1.82, 2.24) is 9.88 Å². The fraction of sp³-hybridized carbons (Fsp3) is 0.450. The second-order valence-corrected chi connectivity index (χ2v) is 6.57. The third kappa shape index (κ3) is 4.40. The highest BCUT2D eigenvalue weighted by molar-refractivity contribution is 5.23. The summed E-state index contributed by atoms with van der Waals surface area (Å²) >= 11 is 0. The van der Waals surface area contributed by atoms with Gasteiger partial charge in [0.05, 0.1) is 11.8 Å². The minimum Gasteiger partial charge on any atom is -0.381 e. The molecule has 2 aromatic rings. The second kappa shape index (κ2) is 7.71. The molecule has 0 saturated carbocycles. The average molecular weight is 310 g/mol. The Bertz CT molecular complexity index is 614. The van der Waals surface area contributed by atoms with Gasteiger partial charge in [0.25, 0.3) is 0 Å². The normalized spacial score (nSPS) is 22.2. The molecule has 0 N–H and O–H groups in total. The molecule has 0 unspecified atom stereocenters. The van der Waals surface area contributed by atoms with Crippen molar-refractivity contribution in [1.29, 1.82) is 0 Å². The van der Waals surface area contributed by atoms with E-state index in [1.807, 2.05) is 19.4 Å². The number of piperidine rings is 1. The molecule has 1 saturated heterocycles. The van der Waals surface area contributed by atoms with Gasteiger partial charge < -0.3 is 4.74 Å². The van der Waals surface area contributed by atoms with Gasteiger partial charge in [-0.25, -0.2) is 0 Å². The summed E-state index contributed by atoms with van der Waals surface area (Å²) in [6.07, 6.45) is 4.41. The summed E-state index contributed by atoms with van der Waals surface area (Å²) in [5, 5.41) is 0. The molecule has 1 aromatic heterocycles. The Hall–Kier alpha value is -1.71. The van der Waals surface area contributed by atoms with E-state index in [1.165, 1.54) is 11.1 Å². The molecular formula is C20H26N2O. The molecule has 1 aromatic carbocycles. The first-order chi connectivity index (χ1) is 11.2. The Morgan fingerprint density at radius 2 is 2.13 bits per heavy atom. The molecule has 0 radical (unpaired) electrons. The van der Waals surface area contributed by atoms with Crippen LogP contribution in [0.1, 0.15) is 23.2 Å². The van der Waals surface area contributed by atoms with E-state index in [9.17, 15) is 0 Å². The molecular weight excluding hydrogens is 284 g/mol. The number of nitrogens with zero attached hydrogens (tertiary/aromatic N) is 2. The molecule has 1 aliphatic rings. The lowest BCUT2D eigenvalue weighted by Crippen LogP contribution is -2.44. The highest BCUT2D eigenvalue weighted by atomic mass is 16.5. The molecule has 0 amide bonds. The van der Waals surface area contributed by atoms with Crippen molar-refractivity contribution in [3.63, 3.8) is 0 Å². The van der Waals surface area contributed by atoms with Gasteiger partial charge in [0.2, 0.25) is 0 Å². The second-order valence-electron chi connectivity index (χ2n) is 6.57. The van der Waals surface area contributed by atoms with E-state index >= 15 is 0 Å². The fourth-order valence-electron chi connectivity index (χ4n) is 3.60. The van der Waals surface area contributed by atoms with Crippen molar-refractivity contribution >= 4 is 0 Å². The van der Waals surface area contributed by atoms with Crippen LogP contribution in [0.3, 0.4) is 0 Å². The summed E-state index contributed by atoms with van der Waals surface area (Å²) in [6, 6.07) is 15.0. The van der Waals surface area contributed by atoms with E-state index in [4.69, 9.17) is 4.74 Å². The molecule has 3 rings (SSSR count). The molecule has 0 spiro atoms. The van der Waals surface area contributed by atoms with Crippen molar-refractivity contribution in [3.05, 3.63) is 65.5 Å². The Morgan fingerprint density at radius 1 is 1.22 bits per heavy atom. The summed E-state index contributed by atoms with van der Waals surface area (Å²) in [4.78, 5) is 6.97. The molecule has 23 heavy (non-hydrogen) atoms. The predicted molar refractivity (Wildman–Crippen MR) is 93.3 cm³/mol. The molecule has 2 atom stereocenters. The van der Waals surface area contributed by atoms with Crippen molar-refractivity contribution < 1.29 is 4.74 Å². The third-order valence-electron chi connectivity index (χ3n) is 4.74. The van der Waals surface area contributed by atoms with Crippen molar-refractivity contribution in [2.24, 2.45) is 5.92 Å². The van der Waals surface area contributed by atoms with Gasteiger partial charge in [0.1, 0.15) is 0 Å². The van der Waals surface area contributed by atoms with Crippen LogP contribution < -0.4 is 0 Å². The maximum Gasteiger partial charge on any atom is 0.0627 e. The maximum atomic E-state index is 5.76. The Labute approximate surface area is 139 Å². The van der Waals surface area contributed by atoms with E-state index < -0.39 is 0 Å². The number of likely N-dealkylation sites (tertiary alicyclic amines) is 1. The average Bonchev–Trinajstić information content (AvgIpc) is 2.56. The number of rotatable bonds is 5. The molecule has 3 heteroatoms. The van der Waals surface area contributed by atoms with Gasteiger partial charge in [-0.05, 0) is 37.5 Å². The van der Waals surface area contributed by atoms with Crippen LogP contribution in [0.15, 0.2) is 48.7 Å². The number of methoxy groups -OCH3 is 1. The van der Waals surface area contributed by atoms with E-state index in [0.717, 1.165) is 38.2 Å². The lowest BCUT2D eigenvalue weighted by Gasteiger charge is -2.38. The zero-order chi connectivity index (χ0) is 16.1. The van der Waals surface area contributed by atoms with Crippen LogP contribution in [0.2, 0.25) is 0 Å². The van der Waals surface area contributed by atoms with Crippen LogP contribution >= 0.6 is 0 Å². The first-order valence-corrected chi connectivity index (χ1v) is 8.45. The number of hydrogen-bond acceptors (Lipinski definition) is 3. The summed E-state index contributed by atoms with van der Waals surface area (Å²) in [5.74, 6) is 0.541. The van der Waals surface area contributed by atoms with Gasteiger partial charge in [-0.3, -0.25) is 9.88 Å². The standard InChI is InChI=1S/C20H26N2O/c1-16-6-5-7-17(12-16)13-18-14-22(11-9-20(18)23-2)15-19-8-3-4-10-21-19/h3-8,10,12,18,20H,9,11,13-15H2,1-2H3/t18-,20-/m1/s1. The van der Waals surface area contributed by atoms with Gasteiger partial charge >= 0.3 is 0 Å². The van der Waals surface area contributed by atoms with Gasteiger partial charge in [-0.2, -0.15) is 0 Å². The number of benzene rings is 1. The minimum atomic E-state index is 0.357. The van der Waals surface area contributed by atoms with E-state index in [1.54, 1.807) is 0 Å². The van der Waals surface area contributed by atoms with Gasteiger partial charge in [-0.15, -0.1) is 0 Å². The summed E-state index contributed by atoms with van der Waals surface area (Å²) in [5.41, 5.74) is 3.90. The van der Waals surface area contributed by atoms with Crippen LogP contribution in [0.5, 0.6) is 0 Å². The van der Waals surface area contributed by atoms with E-state index in [2.05, 4.69) is 53.2 Å². The first-order valence-electron chi connectivity index (χ1n) is 8.45. The predicted octanol–water partition coefficient (Wildman–Crippen LogP) is 3.47. The molecule has 1 aliphatic heterocycles. The Kier molecular flexibility index (Phi) is 5.42. The van der Waals surface area contributed by atoms with Crippen molar-refractivity contribution in [2.75, 3.05) is 20.2 Å². The number of ether oxygens (including phenoxy) is 1. The zero-order valence-corrected chi connectivity index (χ0v) is 14.1. The van der Waals surface area contributed by atoms with Crippen LogP contribution in [0.25, 0.3) is 0 Å². The first kappa shape index (κ1) is 16.2. The van der Waals surface area contributed by atoms with E-state index in [-0.39, 0.29) is 0 Å². The molecule has 1 fully saturated rings. The third-order valence-corrected chi connectivity index (χ3v) is 4.74. The van der Waals surface area contributed by atoms with Gasteiger partial charge in [0.15, 0.2) is 0 Å². The number of hydrogen-bond donors (Lipinski definition) is 0. The topological polar surface area (TPSA) is 25.4 Å². The summed E-state index contributed by atoms with van der Waals surface area (Å²) in [6.45, 7) is 5.25. The lowest BCUT2D eigenvalue weighted by atomic mass is 9.88. The van der Waals surface area contributed by atoms with Crippen molar-refractivity contribution in [2.45, 2.75) is 32.4 Å². The summed E-state index contributed by atoms with van der Waals surface area (Å²) < 4.78 is 5.76. The SMILES string of the molecule is CO[C@@H]1CCN(Cc2ccccn2)C[C@H]1Cc1cccc(C)c1. The Balaban J connectivity index is 1.66. The quantitative estimate of drug-likeness (QED) is 0.845. The molecule has 0 bridgehead atoms. The van der Waals surface area contributed by atoms with Crippen LogP contribution in [0, 0.1) is 12.8 Å². The highest BCUT2D eigenvalue weighted by Gasteiger charge is 2.29. The van der Waals surface area contributed by atoms with Crippen LogP contribution in [-0.4, -0.2) is 36.2 Å². The van der Waals surface area contributed by atoms with Crippen LogP contribution in [-0.2, 0) is 17.7 Å². The minimum absolute atomic E-state index is 0.357. The lowest BCUT2D eigenvalue weighted by molar-refractivity contribution is -0.00878. The van der Waals surface area contributed by atoms with Gasteiger partial charge in [0, 0.05) is 38.9 Å². The molecule has 122 valence electrons. The van der Waals surface area contributed by atoms with Gasteiger partial charge in [-0.1, -0.05) is 35.9 Å². The van der Waals surface area contributed by atoms with Crippen LogP contribution in [0.4, 0.5) is 0 Å². The number of aromatic nitrogens is 1. The highest BCUT2D eigenvalue weighted by Crippen LogP contribution is 2.25. The largest absolute Gasteiger partial charge is 0.381 e. The zero-order valence-electron chi connectivity index (χ0n) is 14.1. The molecule has 0 aliphatic carbocycles. The summed E-state index contributed by atoms with van der Waals surface area (Å²) in [7, 11) is 1.85. The number of pyridine rings is 1. The monoisotopic (exact) mass is 310 g/mol. The van der Waals surface area contributed by atoms with Crippen molar-refractivity contribution in [3.8, 4) is 0 Å². The molecule has 2 heterocycles. The number of aryl methyl sites for hydroxylation is 1. The Morgan fingerprint density at radius 3 is 2.87 bits per heavy atom. The smallest absolute Gasteiger partial charge is 0.0627 e.